The van der Waals surface area contributed by atoms with Gasteiger partial charge in [0.1, 0.15) is 11.0 Å². The molecule has 3 nitrogen and oxygen atoms in total. The lowest BCUT2D eigenvalue weighted by Gasteiger charge is -2.16. The van der Waals surface area contributed by atoms with Crippen LogP contribution >= 0.6 is 11.6 Å². The van der Waals surface area contributed by atoms with E-state index in [-0.39, 0.29) is 0 Å². The number of hydrogen-bond acceptors (Lipinski definition) is 2. The molecule has 0 saturated carbocycles. The molecule has 1 N–H and O–H groups in total. The molecule has 2 rings (SSSR count). The zero-order chi connectivity index (χ0) is 13.1. The molecular weight excluding hydrogens is 246 g/mol. The Morgan fingerprint density at radius 3 is 2.72 bits per heavy atom. The van der Waals surface area contributed by atoms with Crippen LogP contribution in [0.3, 0.4) is 0 Å². The summed E-state index contributed by atoms with van der Waals surface area (Å²) in [6, 6.07) is 8.70. The van der Waals surface area contributed by atoms with Gasteiger partial charge in [0.15, 0.2) is 0 Å². The van der Waals surface area contributed by atoms with Gasteiger partial charge >= 0.3 is 0 Å². The van der Waals surface area contributed by atoms with Crippen LogP contribution in [-0.4, -0.2) is 9.55 Å². The van der Waals surface area contributed by atoms with E-state index >= 15 is 0 Å². The monoisotopic (exact) mass is 263 g/mol. The molecule has 0 fully saturated rings. The minimum absolute atomic E-state index is 0.293. The largest absolute Gasteiger partial charge is 0.321 e. The number of rotatable bonds is 4. The Bertz CT molecular complexity index is 534. The molecule has 0 aliphatic rings. The van der Waals surface area contributed by atoms with E-state index in [1.165, 1.54) is 11.1 Å². The van der Waals surface area contributed by atoms with Crippen molar-refractivity contribution in [2.24, 2.45) is 7.05 Å². The highest BCUT2D eigenvalue weighted by Crippen LogP contribution is 2.17. The van der Waals surface area contributed by atoms with Crippen LogP contribution in [0.5, 0.6) is 0 Å². The number of nitrogens with one attached hydrogen (secondary N) is 1. The Balaban J connectivity index is 2.03. The minimum atomic E-state index is 0.293. The molecule has 96 valence electrons. The molecule has 4 heteroatoms. The van der Waals surface area contributed by atoms with Crippen LogP contribution < -0.4 is 5.32 Å². The van der Waals surface area contributed by atoms with Gasteiger partial charge in [-0.1, -0.05) is 35.9 Å². The fraction of sp³-hybridized carbons (Fsp3) is 0.357. The van der Waals surface area contributed by atoms with E-state index < -0.39 is 0 Å². The molecule has 0 amide bonds. The van der Waals surface area contributed by atoms with Crippen LogP contribution in [0.2, 0.25) is 5.15 Å². The number of imidazole rings is 1. The molecule has 0 radical (unpaired) electrons. The maximum absolute atomic E-state index is 5.96. The second-order valence-electron chi connectivity index (χ2n) is 4.52. The van der Waals surface area contributed by atoms with Gasteiger partial charge in [-0.15, -0.1) is 0 Å². The average molecular weight is 264 g/mol. The van der Waals surface area contributed by atoms with Crippen molar-refractivity contribution in [3.8, 4) is 0 Å². The SMILES string of the molecule is Cc1ccccc1[C@H](C)NCc1ncc(Cl)n1C. The molecule has 18 heavy (non-hydrogen) atoms. The van der Waals surface area contributed by atoms with E-state index in [2.05, 4.69) is 48.4 Å². The molecule has 0 spiro atoms. The molecule has 1 aromatic carbocycles. The fourth-order valence-electron chi connectivity index (χ4n) is 2.02. The third-order valence-corrected chi connectivity index (χ3v) is 3.60. The predicted octanol–water partition coefficient (Wildman–Crippen LogP) is 3.23. The predicted molar refractivity (Wildman–Crippen MR) is 74.7 cm³/mol. The molecule has 1 aromatic heterocycles. The summed E-state index contributed by atoms with van der Waals surface area (Å²) < 4.78 is 1.89. The highest BCUT2D eigenvalue weighted by atomic mass is 35.5. The summed E-state index contributed by atoms with van der Waals surface area (Å²) >= 11 is 5.96. The Labute approximate surface area is 113 Å². The summed E-state index contributed by atoms with van der Waals surface area (Å²) in [5, 5.41) is 4.13. The Hall–Kier alpha value is -1.32. The van der Waals surface area contributed by atoms with Crippen molar-refractivity contribution in [2.75, 3.05) is 0 Å². The molecule has 0 unspecified atom stereocenters. The normalized spacial score (nSPS) is 12.7. The number of nitrogens with zero attached hydrogens (tertiary/aromatic N) is 2. The Morgan fingerprint density at radius 2 is 2.11 bits per heavy atom. The number of aryl methyl sites for hydroxylation is 1. The van der Waals surface area contributed by atoms with Crippen LogP contribution in [0.15, 0.2) is 30.5 Å². The maximum Gasteiger partial charge on any atom is 0.128 e. The first kappa shape index (κ1) is 13.1. The Morgan fingerprint density at radius 1 is 1.39 bits per heavy atom. The molecule has 0 saturated heterocycles. The lowest BCUT2D eigenvalue weighted by Crippen LogP contribution is -2.20. The van der Waals surface area contributed by atoms with Crippen LogP contribution in [-0.2, 0) is 13.6 Å². The van der Waals surface area contributed by atoms with Crippen LogP contribution in [0.1, 0.15) is 29.9 Å². The first-order chi connectivity index (χ1) is 8.59. The van der Waals surface area contributed by atoms with Gasteiger partial charge in [-0.05, 0) is 25.0 Å². The summed E-state index contributed by atoms with van der Waals surface area (Å²) in [6.45, 7) is 5.00. The maximum atomic E-state index is 5.96. The van der Waals surface area contributed by atoms with E-state index in [4.69, 9.17) is 11.6 Å². The van der Waals surface area contributed by atoms with E-state index in [9.17, 15) is 0 Å². The van der Waals surface area contributed by atoms with Crippen molar-refractivity contribution in [1.82, 2.24) is 14.9 Å². The van der Waals surface area contributed by atoms with Crippen LogP contribution in [0.4, 0.5) is 0 Å². The van der Waals surface area contributed by atoms with Gasteiger partial charge in [-0.2, -0.15) is 0 Å². The number of benzene rings is 1. The molecule has 0 aliphatic heterocycles. The minimum Gasteiger partial charge on any atom is -0.321 e. The van der Waals surface area contributed by atoms with Crippen molar-refractivity contribution >= 4 is 11.6 Å². The number of halogens is 1. The average Bonchev–Trinajstić information content (AvgIpc) is 2.68. The molecular formula is C14H18ClN3. The summed E-state index contributed by atoms with van der Waals surface area (Å²) in [6.07, 6.45) is 1.68. The third-order valence-electron chi connectivity index (χ3n) is 3.25. The lowest BCUT2D eigenvalue weighted by molar-refractivity contribution is 0.547. The number of aromatic nitrogens is 2. The summed E-state index contributed by atoms with van der Waals surface area (Å²) in [7, 11) is 1.92. The summed E-state index contributed by atoms with van der Waals surface area (Å²) in [4.78, 5) is 4.27. The topological polar surface area (TPSA) is 29.9 Å². The van der Waals surface area contributed by atoms with Gasteiger partial charge in [0.2, 0.25) is 0 Å². The van der Waals surface area contributed by atoms with Crippen molar-refractivity contribution in [3.05, 3.63) is 52.6 Å². The summed E-state index contributed by atoms with van der Waals surface area (Å²) in [5.41, 5.74) is 2.62. The first-order valence-electron chi connectivity index (χ1n) is 6.04. The second-order valence-corrected chi connectivity index (χ2v) is 4.90. The van der Waals surface area contributed by atoms with Crippen LogP contribution in [0, 0.1) is 6.92 Å². The molecule has 2 aromatic rings. The second kappa shape index (κ2) is 5.55. The van der Waals surface area contributed by atoms with Crippen LogP contribution in [0.25, 0.3) is 0 Å². The van der Waals surface area contributed by atoms with Gasteiger partial charge in [-0.25, -0.2) is 4.98 Å². The smallest absolute Gasteiger partial charge is 0.128 e. The van der Waals surface area contributed by atoms with E-state index in [0.717, 1.165) is 5.82 Å². The van der Waals surface area contributed by atoms with Crippen molar-refractivity contribution < 1.29 is 0 Å². The van der Waals surface area contributed by atoms with E-state index in [1.54, 1.807) is 6.20 Å². The van der Waals surface area contributed by atoms with Crippen molar-refractivity contribution in [3.63, 3.8) is 0 Å². The van der Waals surface area contributed by atoms with Gasteiger partial charge in [-0.3, -0.25) is 0 Å². The quantitative estimate of drug-likeness (QED) is 0.918. The molecule has 0 aliphatic carbocycles. The standard InChI is InChI=1S/C14H18ClN3/c1-10-6-4-5-7-12(10)11(2)16-9-14-17-8-13(15)18(14)3/h4-8,11,16H,9H2,1-3H3/t11-/m0/s1. The third kappa shape index (κ3) is 2.74. The number of hydrogen-bond donors (Lipinski definition) is 1. The van der Waals surface area contributed by atoms with Gasteiger partial charge in [0.05, 0.1) is 12.7 Å². The highest BCUT2D eigenvalue weighted by molar-refractivity contribution is 6.29. The molecule has 1 heterocycles. The zero-order valence-corrected chi connectivity index (χ0v) is 11.7. The Kier molecular flexibility index (Phi) is 4.04. The fourth-order valence-corrected chi connectivity index (χ4v) is 2.16. The van der Waals surface area contributed by atoms with E-state index in [0.29, 0.717) is 17.7 Å². The molecule has 1 atom stereocenters. The molecule has 0 bridgehead atoms. The lowest BCUT2D eigenvalue weighted by atomic mass is 10.0. The first-order valence-corrected chi connectivity index (χ1v) is 6.42. The summed E-state index contributed by atoms with van der Waals surface area (Å²) in [5.74, 6) is 0.945. The van der Waals surface area contributed by atoms with Crippen molar-refractivity contribution in [1.29, 1.82) is 0 Å². The zero-order valence-electron chi connectivity index (χ0n) is 10.9. The highest BCUT2D eigenvalue weighted by Gasteiger charge is 2.09. The van der Waals surface area contributed by atoms with Crippen molar-refractivity contribution in [2.45, 2.75) is 26.4 Å². The van der Waals surface area contributed by atoms with Gasteiger partial charge in [0.25, 0.3) is 0 Å². The van der Waals surface area contributed by atoms with E-state index in [1.807, 2.05) is 11.6 Å². The van der Waals surface area contributed by atoms with Gasteiger partial charge in [0, 0.05) is 13.1 Å². The van der Waals surface area contributed by atoms with Gasteiger partial charge < -0.3 is 9.88 Å².